The van der Waals surface area contributed by atoms with Gasteiger partial charge in [0, 0.05) is 5.56 Å². The molecule has 1 amide bonds. The minimum Gasteiger partial charge on any atom is -0.444 e. The molecule has 1 N–H and O–H groups in total. The summed E-state index contributed by atoms with van der Waals surface area (Å²) < 4.78 is 31.2. The minimum absolute atomic E-state index is 0.0220. The predicted molar refractivity (Wildman–Crippen MR) is 75.2 cm³/mol. The Morgan fingerprint density at radius 1 is 1.35 bits per heavy atom. The Morgan fingerprint density at radius 2 is 1.90 bits per heavy atom. The fraction of sp³-hybridized carbons (Fsp3) is 0.357. The van der Waals surface area contributed by atoms with Crippen LogP contribution >= 0.6 is 15.9 Å². The lowest BCUT2D eigenvalue weighted by molar-refractivity contribution is 0.0535. The molecule has 1 aromatic rings. The summed E-state index contributed by atoms with van der Waals surface area (Å²) >= 11 is 2.77. The largest absolute Gasteiger partial charge is 0.444 e. The van der Waals surface area contributed by atoms with Gasteiger partial charge in [-0.3, -0.25) is 0 Å². The molecule has 0 aliphatic rings. The molecular formula is C14H14BrF2NO2. The van der Waals surface area contributed by atoms with Gasteiger partial charge in [-0.1, -0.05) is 11.8 Å². The first-order valence-electron chi connectivity index (χ1n) is 5.79. The van der Waals surface area contributed by atoms with Crippen LogP contribution in [0.25, 0.3) is 0 Å². The van der Waals surface area contributed by atoms with Crippen molar-refractivity contribution in [2.45, 2.75) is 26.4 Å². The molecule has 0 radical (unpaired) electrons. The van der Waals surface area contributed by atoms with E-state index in [0.717, 1.165) is 12.1 Å². The van der Waals surface area contributed by atoms with Crippen molar-refractivity contribution in [2.75, 3.05) is 6.54 Å². The van der Waals surface area contributed by atoms with Crippen molar-refractivity contribution in [2.24, 2.45) is 0 Å². The van der Waals surface area contributed by atoms with Crippen molar-refractivity contribution in [3.05, 3.63) is 33.8 Å². The van der Waals surface area contributed by atoms with Gasteiger partial charge in [0.05, 0.1) is 11.0 Å². The zero-order valence-electron chi connectivity index (χ0n) is 11.3. The van der Waals surface area contributed by atoms with Gasteiger partial charge in [-0.05, 0) is 48.8 Å². The quantitative estimate of drug-likeness (QED) is 0.623. The Kier molecular flexibility index (Phi) is 5.52. The van der Waals surface area contributed by atoms with Crippen molar-refractivity contribution < 1.29 is 18.3 Å². The summed E-state index contributed by atoms with van der Waals surface area (Å²) in [6.07, 6.45) is -0.597. The number of halogens is 3. The summed E-state index contributed by atoms with van der Waals surface area (Å²) in [6, 6.07) is 2.21. The fourth-order valence-electron chi connectivity index (χ4n) is 1.20. The molecule has 1 aromatic carbocycles. The number of hydrogen-bond acceptors (Lipinski definition) is 2. The molecule has 0 spiro atoms. The molecule has 0 atom stereocenters. The second-order valence-corrected chi connectivity index (χ2v) is 5.70. The van der Waals surface area contributed by atoms with E-state index >= 15 is 0 Å². The Hall–Kier alpha value is -1.61. The van der Waals surface area contributed by atoms with Crippen molar-refractivity contribution in [3.63, 3.8) is 0 Å². The van der Waals surface area contributed by atoms with Gasteiger partial charge in [-0.15, -0.1) is 0 Å². The molecular weight excluding hydrogens is 332 g/mol. The maximum atomic E-state index is 13.2. The second-order valence-electron chi connectivity index (χ2n) is 4.91. The van der Waals surface area contributed by atoms with Crippen LogP contribution in [0.3, 0.4) is 0 Å². The first-order valence-corrected chi connectivity index (χ1v) is 6.58. The fourth-order valence-corrected chi connectivity index (χ4v) is 1.43. The summed E-state index contributed by atoms with van der Waals surface area (Å²) in [5.41, 5.74) is -0.399. The highest BCUT2D eigenvalue weighted by Crippen LogP contribution is 2.20. The van der Waals surface area contributed by atoms with Crippen LogP contribution in [0.5, 0.6) is 0 Å². The Balaban J connectivity index is 2.58. The van der Waals surface area contributed by atoms with E-state index in [9.17, 15) is 13.6 Å². The summed E-state index contributed by atoms with van der Waals surface area (Å²) in [4.78, 5) is 11.3. The van der Waals surface area contributed by atoms with E-state index in [1.807, 2.05) is 0 Å². The third-order valence-electron chi connectivity index (χ3n) is 1.94. The summed E-state index contributed by atoms with van der Waals surface area (Å²) in [5.74, 6) is 3.68. The maximum Gasteiger partial charge on any atom is 0.408 e. The van der Waals surface area contributed by atoms with E-state index in [0.29, 0.717) is 0 Å². The van der Waals surface area contributed by atoms with E-state index in [1.54, 1.807) is 20.8 Å². The number of benzene rings is 1. The number of carbonyl (C=O) groups excluding carboxylic acids is 1. The van der Waals surface area contributed by atoms with Gasteiger partial charge in [-0.25, -0.2) is 13.6 Å². The number of carbonyl (C=O) groups is 1. The van der Waals surface area contributed by atoms with Crippen molar-refractivity contribution >= 4 is 22.0 Å². The highest BCUT2D eigenvalue weighted by atomic mass is 79.9. The predicted octanol–water partition coefficient (Wildman–Crippen LogP) is 3.60. The van der Waals surface area contributed by atoms with E-state index in [1.165, 1.54) is 0 Å². The van der Waals surface area contributed by atoms with Crippen LogP contribution in [0.2, 0.25) is 0 Å². The third kappa shape index (κ3) is 5.57. The number of ether oxygens (including phenoxy) is 1. The van der Waals surface area contributed by atoms with E-state index < -0.39 is 23.3 Å². The smallest absolute Gasteiger partial charge is 0.408 e. The number of rotatable bonds is 1. The zero-order chi connectivity index (χ0) is 15.3. The van der Waals surface area contributed by atoms with Crippen molar-refractivity contribution in [1.82, 2.24) is 5.32 Å². The maximum absolute atomic E-state index is 13.2. The van der Waals surface area contributed by atoms with Gasteiger partial charge >= 0.3 is 6.09 Å². The monoisotopic (exact) mass is 345 g/mol. The van der Waals surface area contributed by atoms with Crippen LogP contribution in [-0.4, -0.2) is 18.2 Å². The van der Waals surface area contributed by atoms with Crippen molar-refractivity contribution in [3.8, 4) is 11.8 Å². The first kappa shape index (κ1) is 16.4. The van der Waals surface area contributed by atoms with Crippen LogP contribution in [0, 0.1) is 23.5 Å². The molecule has 0 heterocycles. The average Bonchev–Trinajstić information content (AvgIpc) is 2.29. The van der Waals surface area contributed by atoms with Gasteiger partial charge in [0.15, 0.2) is 0 Å². The molecule has 0 saturated carbocycles. The van der Waals surface area contributed by atoms with Gasteiger partial charge in [0.1, 0.15) is 17.2 Å². The number of nitrogens with one attached hydrogen (secondary N) is 1. The van der Waals surface area contributed by atoms with Crippen LogP contribution < -0.4 is 5.32 Å². The molecule has 0 saturated heterocycles. The summed E-state index contributed by atoms with van der Waals surface area (Å²) in [6.45, 7) is 5.25. The molecule has 20 heavy (non-hydrogen) atoms. The first-order chi connectivity index (χ1) is 9.19. The van der Waals surface area contributed by atoms with Crippen LogP contribution in [0.1, 0.15) is 26.3 Å². The Labute approximate surface area is 124 Å². The normalized spacial score (nSPS) is 10.5. The number of amides is 1. The van der Waals surface area contributed by atoms with Gasteiger partial charge in [0.25, 0.3) is 0 Å². The van der Waals surface area contributed by atoms with Gasteiger partial charge in [-0.2, -0.15) is 0 Å². The Morgan fingerprint density at radius 3 is 2.40 bits per heavy atom. The lowest BCUT2D eigenvalue weighted by Gasteiger charge is -2.18. The molecule has 0 fully saturated rings. The van der Waals surface area contributed by atoms with E-state index in [-0.39, 0.29) is 16.6 Å². The molecule has 0 aromatic heterocycles. The van der Waals surface area contributed by atoms with Gasteiger partial charge < -0.3 is 10.1 Å². The highest BCUT2D eigenvalue weighted by molar-refractivity contribution is 9.10. The summed E-state index contributed by atoms with van der Waals surface area (Å²) in [5, 5.41) is 2.42. The van der Waals surface area contributed by atoms with E-state index in [4.69, 9.17) is 4.74 Å². The molecule has 108 valence electrons. The standard InChI is InChI=1S/C14H14BrF2NO2/c1-14(2,3)20-13(19)18-6-4-5-9-7-10(16)12(15)11(17)8-9/h7-8H,6H2,1-3H3,(H,18,19). The molecule has 0 bridgehead atoms. The van der Waals surface area contributed by atoms with Gasteiger partial charge in [0.2, 0.25) is 0 Å². The SMILES string of the molecule is CC(C)(C)OC(=O)NCC#Cc1cc(F)c(Br)c(F)c1. The lowest BCUT2D eigenvalue weighted by Crippen LogP contribution is -2.32. The molecule has 0 aliphatic carbocycles. The second kappa shape index (κ2) is 6.71. The highest BCUT2D eigenvalue weighted by Gasteiger charge is 2.15. The molecule has 6 heteroatoms. The van der Waals surface area contributed by atoms with Crippen molar-refractivity contribution in [1.29, 1.82) is 0 Å². The average molecular weight is 346 g/mol. The molecule has 3 nitrogen and oxygen atoms in total. The minimum atomic E-state index is -0.727. The van der Waals surface area contributed by atoms with E-state index in [2.05, 4.69) is 33.1 Å². The Bertz CT molecular complexity index is 548. The molecule has 1 rings (SSSR count). The van der Waals surface area contributed by atoms with Crippen LogP contribution in [0.15, 0.2) is 16.6 Å². The van der Waals surface area contributed by atoms with Crippen LogP contribution in [0.4, 0.5) is 13.6 Å². The number of alkyl carbamates (subject to hydrolysis) is 1. The molecule has 0 unspecified atom stereocenters. The topological polar surface area (TPSA) is 38.3 Å². The van der Waals surface area contributed by atoms with Crippen LogP contribution in [-0.2, 0) is 4.74 Å². The third-order valence-corrected chi connectivity index (χ3v) is 2.69. The lowest BCUT2D eigenvalue weighted by atomic mass is 10.2. The zero-order valence-corrected chi connectivity index (χ0v) is 12.9. The number of hydrogen-bond donors (Lipinski definition) is 1. The molecule has 0 aliphatic heterocycles. The summed E-state index contributed by atoms with van der Waals surface area (Å²) in [7, 11) is 0.